The summed E-state index contributed by atoms with van der Waals surface area (Å²) in [6, 6.07) is 11.8. The second kappa shape index (κ2) is 5.93. The van der Waals surface area contributed by atoms with Gasteiger partial charge < -0.3 is 10.1 Å². The molecular formula is C15H15ClFNO. The van der Waals surface area contributed by atoms with E-state index in [4.69, 9.17) is 16.3 Å². The molecule has 0 bridgehead atoms. The van der Waals surface area contributed by atoms with Gasteiger partial charge in [0.2, 0.25) is 0 Å². The Labute approximate surface area is 117 Å². The Morgan fingerprint density at radius 1 is 1.16 bits per heavy atom. The molecule has 0 amide bonds. The molecule has 4 heteroatoms. The molecule has 100 valence electrons. The number of halogens is 2. The standard InChI is InChI=1S/C15H15ClFNO/c1-10(11-3-5-12(17)6-4-11)18-15-9-13(19-2)7-8-14(15)16/h3-10,18H,1-2H3. The van der Waals surface area contributed by atoms with Gasteiger partial charge in [0.05, 0.1) is 17.8 Å². The third-order valence-electron chi connectivity index (χ3n) is 2.92. The summed E-state index contributed by atoms with van der Waals surface area (Å²) < 4.78 is 18.0. The SMILES string of the molecule is COc1ccc(Cl)c(NC(C)c2ccc(F)cc2)c1. The maximum Gasteiger partial charge on any atom is 0.123 e. The van der Waals surface area contributed by atoms with Gasteiger partial charge in [-0.2, -0.15) is 0 Å². The van der Waals surface area contributed by atoms with E-state index < -0.39 is 0 Å². The largest absolute Gasteiger partial charge is 0.497 e. The van der Waals surface area contributed by atoms with Gasteiger partial charge in [-0.1, -0.05) is 23.7 Å². The highest BCUT2D eigenvalue weighted by Crippen LogP contribution is 2.29. The van der Waals surface area contributed by atoms with Gasteiger partial charge in [-0.05, 0) is 36.8 Å². The number of hydrogen-bond donors (Lipinski definition) is 1. The minimum atomic E-state index is -0.240. The monoisotopic (exact) mass is 279 g/mol. The molecule has 0 radical (unpaired) electrons. The van der Waals surface area contributed by atoms with E-state index in [2.05, 4.69) is 5.32 Å². The van der Waals surface area contributed by atoms with Crippen LogP contribution in [0, 0.1) is 5.82 Å². The average molecular weight is 280 g/mol. The highest BCUT2D eigenvalue weighted by Gasteiger charge is 2.08. The Bertz CT molecular complexity index is 557. The molecule has 2 aromatic rings. The van der Waals surface area contributed by atoms with E-state index in [9.17, 15) is 4.39 Å². The lowest BCUT2D eigenvalue weighted by atomic mass is 10.1. The van der Waals surface area contributed by atoms with Crippen LogP contribution < -0.4 is 10.1 Å². The quantitative estimate of drug-likeness (QED) is 0.879. The van der Waals surface area contributed by atoms with E-state index >= 15 is 0 Å². The van der Waals surface area contributed by atoms with Crippen molar-refractivity contribution in [1.29, 1.82) is 0 Å². The maximum absolute atomic E-state index is 12.9. The van der Waals surface area contributed by atoms with Gasteiger partial charge in [0.15, 0.2) is 0 Å². The Morgan fingerprint density at radius 2 is 1.84 bits per heavy atom. The van der Waals surface area contributed by atoms with Crippen molar-refractivity contribution in [2.45, 2.75) is 13.0 Å². The highest BCUT2D eigenvalue weighted by atomic mass is 35.5. The second-order valence-electron chi connectivity index (χ2n) is 4.26. The van der Waals surface area contributed by atoms with E-state index in [0.29, 0.717) is 5.02 Å². The van der Waals surface area contributed by atoms with Crippen molar-refractivity contribution in [3.63, 3.8) is 0 Å². The zero-order chi connectivity index (χ0) is 13.8. The fraction of sp³-hybridized carbons (Fsp3) is 0.200. The molecule has 0 aliphatic carbocycles. The van der Waals surface area contributed by atoms with Crippen LogP contribution in [0.25, 0.3) is 0 Å². The van der Waals surface area contributed by atoms with Crippen molar-refractivity contribution >= 4 is 17.3 Å². The molecule has 0 saturated carbocycles. The molecule has 2 aromatic carbocycles. The van der Waals surface area contributed by atoms with Crippen LogP contribution in [-0.2, 0) is 0 Å². The molecule has 1 atom stereocenters. The summed E-state index contributed by atoms with van der Waals surface area (Å²) in [5.74, 6) is 0.494. The first-order chi connectivity index (χ1) is 9.10. The Balaban J connectivity index is 2.18. The molecule has 0 heterocycles. The normalized spacial score (nSPS) is 12.0. The molecule has 0 spiro atoms. The summed E-state index contributed by atoms with van der Waals surface area (Å²) in [7, 11) is 1.61. The van der Waals surface area contributed by atoms with Crippen molar-refractivity contribution in [1.82, 2.24) is 0 Å². The minimum absolute atomic E-state index is 0.0187. The van der Waals surface area contributed by atoms with Gasteiger partial charge in [-0.25, -0.2) is 4.39 Å². The maximum atomic E-state index is 12.9. The van der Waals surface area contributed by atoms with Gasteiger partial charge in [-0.15, -0.1) is 0 Å². The smallest absolute Gasteiger partial charge is 0.123 e. The number of rotatable bonds is 4. The number of nitrogens with one attached hydrogen (secondary N) is 1. The van der Waals surface area contributed by atoms with Crippen LogP contribution in [0.3, 0.4) is 0 Å². The molecule has 0 saturated heterocycles. The van der Waals surface area contributed by atoms with Crippen molar-refractivity contribution < 1.29 is 9.13 Å². The Morgan fingerprint density at radius 3 is 2.47 bits per heavy atom. The van der Waals surface area contributed by atoms with Crippen molar-refractivity contribution in [2.24, 2.45) is 0 Å². The van der Waals surface area contributed by atoms with Gasteiger partial charge >= 0.3 is 0 Å². The van der Waals surface area contributed by atoms with Gasteiger partial charge in [-0.3, -0.25) is 0 Å². The first kappa shape index (κ1) is 13.7. The van der Waals surface area contributed by atoms with E-state index in [0.717, 1.165) is 17.0 Å². The van der Waals surface area contributed by atoms with Crippen molar-refractivity contribution in [3.05, 3.63) is 58.9 Å². The first-order valence-electron chi connectivity index (χ1n) is 5.95. The average Bonchev–Trinajstić information content (AvgIpc) is 2.42. The first-order valence-corrected chi connectivity index (χ1v) is 6.33. The lowest BCUT2D eigenvalue weighted by Crippen LogP contribution is -2.07. The zero-order valence-corrected chi connectivity index (χ0v) is 11.5. The summed E-state index contributed by atoms with van der Waals surface area (Å²) in [4.78, 5) is 0. The molecule has 2 nitrogen and oxygen atoms in total. The van der Waals surface area contributed by atoms with Crippen LogP contribution in [0.2, 0.25) is 5.02 Å². The predicted octanol–water partition coefficient (Wildman–Crippen LogP) is 4.66. The van der Waals surface area contributed by atoms with E-state index in [-0.39, 0.29) is 11.9 Å². The minimum Gasteiger partial charge on any atom is -0.497 e. The summed E-state index contributed by atoms with van der Waals surface area (Å²) in [5, 5.41) is 3.91. The molecule has 1 unspecified atom stereocenters. The molecule has 19 heavy (non-hydrogen) atoms. The fourth-order valence-electron chi connectivity index (χ4n) is 1.81. The summed E-state index contributed by atoms with van der Waals surface area (Å²) in [6.07, 6.45) is 0. The summed E-state index contributed by atoms with van der Waals surface area (Å²) in [5.41, 5.74) is 1.78. The van der Waals surface area contributed by atoms with Gasteiger partial charge in [0.25, 0.3) is 0 Å². The lowest BCUT2D eigenvalue weighted by molar-refractivity contribution is 0.415. The molecule has 0 aromatic heterocycles. The van der Waals surface area contributed by atoms with Crippen LogP contribution in [0.15, 0.2) is 42.5 Å². The molecule has 0 fully saturated rings. The van der Waals surface area contributed by atoms with E-state index in [1.54, 1.807) is 31.4 Å². The van der Waals surface area contributed by atoms with Crippen LogP contribution in [0.5, 0.6) is 5.75 Å². The molecule has 2 rings (SSSR count). The molecular weight excluding hydrogens is 265 g/mol. The zero-order valence-electron chi connectivity index (χ0n) is 10.8. The van der Waals surface area contributed by atoms with E-state index in [1.165, 1.54) is 12.1 Å². The lowest BCUT2D eigenvalue weighted by Gasteiger charge is -2.17. The third-order valence-corrected chi connectivity index (χ3v) is 3.25. The molecule has 1 N–H and O–H groups in total. The predicted molar refractivity (Wildman–Crippen MR) is 76.4 cm³/mol. The number of hydrogen-bond acceptors (Lipinski definition) is 2. The van der Waals surface area contributed by atoms with Crippen LogP contribution in [0.1, 0.15) is 18.5 Å². The Hall–Kier alpha value is -1.74. The number of anilines is 1. The highest BCUT2D eigenvalue weighted by molar-refractivity contribution is 6.33. The topological polar surface area (TPSA) is 21.3 Å². The molecule has 0 aliphatic heterocycles. The van der Waals surface area contributed by atoms with E-state index in [1.807, 2.05) is 13.0 Å². The van der Waals surface area contributed by atoms with Crippen LogP contribution in [-0.4, -0.2) is 7.11 Å². The number of ether oxygens (including phenoxy) is 1. The van der Waals surface area contributed by atoms with Crippen LogP contribution >= 0.6 is 11.6 Å². The van der Waals surface area contributed by atoms with Gasteiger partial charge in [0.1, 0.15) is 11.6 Å². The van der Waals surface area contributed by atoms with Crippen LogP contribution in [0.4, 0.5) is 10.1 Å². The number of benzene rings is 2. The second-order valence-corrected chi connectivity index (χ2v) is 4.67. The third kappa shape index (κ3) is 3.38. The number of methoxy groups -OCH3 is 1. The van der Waals surface area contributed by atoms with Crippen molar-refractivity contribution in [2.75, 3.05) is 12.4 Å². The Kier molecular flexibility index (Phi) is 4.27. The molecule has 0 aliphatic rings. The summed E-state index contributed by atoms with van der Waals surface area (Å²) in [6.45, 7) is 1.99. The fourth-order valence-corrected chi connectivity index (χ4v) is 1.98. The van der Waals surface area contributed by atoms with Crippen molar-refractivity contribution in [3.8, 4) is 5.75 Å². The van der Waals surface area contributed by atoms with Gasteiger partial charge in [0, 0.05) is 12.1 Å². The summed E-state index contributed by atoms with van der Waals surface area (Å²) >= 11 is 6.13.